The van der Waals surface area contributed by atoms with Gasteiger partial charge in [-0.2, -0.15) is 0 Å². The van der Waals surface area contributed by atoms with Gasteiger partial charge in [0.1, 0.15) is 6.10 Å². The Morgan fingerprint density at radius 3 is 1.75 bits per heavy atom. The number of aliphatic hydroxyl groups is 3. The first-order valence-corrected chi connectivity index (χ1v) is 2.23. The van der Waals surface area contributed by atoms with Crippen LogP contribution in [0, 0.1) is 0 Å². The van der Waals surface area contributed by atoms with E-state index in [1.165, 1.54) is 0 Å². The van der Waals surface area contributed by atoms with Gasteiger partial charge in [0.25, 0.3) is 0 Å². The lowest BCUT2D eigenvalue weighted by atomic mass is 10.4. The fourth-order valence-electron chi connectivity index (χ4n) is 0.0870. The minimum atomic E-state index is -1.36. The predicted molar refractivity (Wildman–Crippen MR) is 32.2 cm³/mol. The van der Waals surface area contributed by atoms with Crippen LogP contribution in [0.5, 0.6) is 0 Å². The third-order valence-corrected chi connectivity index (χ3v) is 0.795. The summed E-state index contributed by atoms with van der Waals surface area (Å²) in [6.07, 6.45) is -1.22. The van der Waals surface area contributed by atoms with Crippen molar-refractivity contribution in [3.8, 4) is 0 Å². The van der Waals surface area contributed by atoms with Crippen LogP contribution in [0.1, 0.15) is 0 Å². The van der Waals surface area contributed by atoms with E-state index in [-0.39, 0.29) is 12.4 Å². The highest BCUT2D eigenvalue weighted by Gasteiger charge is 2.09. The van der Waals surface area contributed by atoms with Crippen molar-refractivity contribution in [2.24, 2.45) is 0 Å². The van der Waals surface area contributed by atoms with Gasteiger partial charge in [-0.3, -0.25) is 0 Å². The highest BCUT2D eigenvalue weighted by atomic mass is 35.5. The van der Waals surface area contributed by atoms with E-state index in [1.54, 1.807) is 0 Å². The van der Waals surface area contributed by atoms with Crippen LogP contribution >= 0.6 is 24.0 Å². The smallest absolute Gasteiger partial charge is 0.155 e. The van der Waals surface area contributed by atoms with E-state index >= 15 is 0 Å². The summed E-state index contributed by atoms with van der Waals surface area (Å²) in [5.41, 5.74) is -1.36. The fourth-order valence-corrected chi connectivity index (χ4v) is 0.167. The second-order valence-electron chi connectivity index (χ2n) is 1.12. The molecule has 2 atom stereocenters. The minimum absolute atomic E-state index is 0. The average molecular weight is 163 g/mol. The van der Waals surface area contributed by atoms with Gasteiger partial charge in [0.05, 0.1) is 6.61 Å². The number of hydrogen-bond acceptors (Lipinski definition) is 3. The molecule has 0 spiro atoms. The molecule has 3 N–H and O–H groups in total. The van der Waals surface area contributed by atoms with Crippen molar-refractivity contribution in [3.05, 3.63) is 0 Å². The summed E-state index contributed by atoms with van der Waals surface area (Å²) in [6, 6.07) is 0. The van der Waals surface area contributed by atoms with Crippen molar-refractivity contribution in [2.75, 3.05) is 6.61 Å². The van der Waals surface area contributed by atoms with Crippen LogP contribution in [0.3, 0.4) is 0 Å². The number of rotatable bonds is 2. The molecule has 3 nitrogen and oxygen atoms in total. The van der Waals surface area contributed by atoms with E-state index in [9.17, 15) is 0 Å². The van der Waals surface area contributed by atoms with Gasteiger partial charge in [-0.25, -0.2) is 0 Å². The molecule has 8 heavy (non-hydrogen) atoms. The molecule has 0 saturated heterocycles. The maximum atomic E-state index is 8.30. The normalized spacial score (nSPS) is 16.5. The van der Waals surface area contributed by atoms with Crippen molar-refractivity contribution in [1.82, 2.24) is 0 Å². The quantitative estimate of drug-likeness (QED) is 0.472. The Bertz CT molecular complexity index is 49.8. The topological polar surface area (TPSA) is 60.7 Å². The van der Waals surface area contributed by atoms with Gasteiger partial charge in [-0.1, -0.05) is 11.6 Å². The summed E-state index contributed by atoms with van der Waals surface area (Å²) in [5.74, 6) is 0. The number of hydrogen-bond donors (Lipinski definition) is 3. The lowest BCUT2D eigenvalue weighted by molar-refractivity contribution is 0.0250. The third-order valence-electron chi connectivity index (χ3n) is 0.505. The Labute approximate surface area is 58.3 Å². The van der Waals surface area contributed by atoms with E-state index in [0.29, 0.717) is 0 Å². The SMILES string of the molecule is Cl.OCC(O)C(O)Cl. The largest absolute Gasteiger partial charge is 0.394 e. The van der Waals surface area contributed by atoms with Gasteiger partial charge in [0.15, 0.2) is 5.56 Å². The number of aliphatic hydroxyl groups excluding tert-OH is 3. The molecular weight excluding hydrogens is 155 g/mol. The van der Waals surface area contributed by atoms with Crippen molar-refractivity contribution >= 4 is 24.0 Å². The minimum Gasteiger partial charge on any atom is -0.394 e. The standard InChI is InChI=1S/C3H7ClO3.ClH/c4-3(7)2(6)1-5;/h2-3,5-7H,1H2;1H. The van der Waals surface area contributed by atoms with E-state index < -0.39 is 18.3 Å². The molecule has 0 rings (SSSR count). The summed E-state index contributed by atoms with van der Waals surface area (Å²) in [4.78, 5) is 0. The van der Waals surface area contributed by atoms with Gasteiger partial charge in [-0.05, 0) is 0 Å². The molecule has 2 unspecified atom stereocenters. The van der Waals surface area contributed by atoms with Crippen LogP contribution in [-0.2, 0) is 0 Å². The van der Waals surface area contributed by atoms with Crippen LogP contribution < -0.4 is 0 Å². The Morgan fingerprint density at radius 1 is 1.38 bits per heavy atom. The van der Waals surface area contributed by atoms with Crippen LogP contribution in [0.25, 0.3) is 0 Å². The summed E-state index contributed by atoms with van der Waals surface area (Å²) in [6.45, 7) is -0.509. The van der Waals surface area contributed by atoms with E-state index in [0.717, 1.165) is 0 Å². The average Bonchev–Trinajstić information content (AvgIpc) is 1.65. The zero-order chi connectivity index (χ0) is 5.86. The molecular formula is C3H8Cl2O3. The van der Waals surface area contributed by atoms with Crippen molar-refractivity contribution < 1.29 is 15.3 Å². The Balaban J connectivity index is 0. The monoisotopic (exact) mass is 162 g/mol. The lowest BCUT2D eigenvalue weighted by Crippen LogP contribution is -2.23. The summed E-state index contributed by atoms with van der Waals surface area (Å²) < 4.78 is 0. The molecule has 0 aliphatic carbocycles. The Hall–Kier alpha value is 0.460. The molecule has 5 heteroatoms. The number of alkyl halides is 1. The molecule has 0 heterocycles. The second kappa shape index (κ2) is 5.59. The van der Waals surface area contributed by atoms with Crippen LogP contribution in [0.2, 0.25) is 0 Å². The highest BCUT2D eigenvalue weighted by Crippen LogP contribution is 1.95. The first-order chi connectivity index (χ1) is 3.18. The molecule has 52 valence electrons. The first kappa shape index (κ1) is 11.3. The summed E-state index contributed by atoms with van der Waals surface area (Å²) in [5, 5.41) is 24.5. The first-order valence-electron chi connectivity index (χ1n) is 1.79. The molecule has 0 aliphatic rings. The maximum absolute atomic E-state index is 8.30. The third kappa shape index (κ3) is 4.61. The fraction of sp³-hybridized carbons (Fsp3) is 1.00. The van der Waals surface area contributed by atoms with Crippen molar-refractivity contribution in [3.63, 3.8) is 0 Å². The van der Waals surface area contributed by atoms with E-state index in [2.05, 4.69) is 0 Å². The zero-order valence-electron chi connectivity index (χ0n) is 3.99. The molecule has 0 aromatic heterocycles. The Morgan fingerprint density at radius 2 is 1.75 bits per heavy atom. The molecule has 0 aliphatic heterocycles. The van der Waals surface area contributed by atoms with E-state index in [1.807, 2.05) is 0 Å². The summed E-state index contributed by atoms with van der Waals surface area (Å²) >= 11 is 4.87. The molecule has 0 aromatic rings. The van der Waals surface area contributed by atoms with E-state index in [4.69, 9.17) is 26.9 Å². The molecule has 0 saturated carbocycles. The molecule has 0 bridgehead atoms. The van der Waals surface area contributed by atoms with Crippen molar-refractivity contribution in [2.45, 2.75) is 11.7 Å². The van der Waals surface area contributed by atoms with Crippen molar-refractivity contribution in [1.29, 1.82) is 0 Å². The molecule has 0 aromatic carbocycles. The summed E-state index contributed by atoms with van der Waals surface area (Å²) in [7, 11) is 0. The lowest BCUT2D eigenvalue weighted by Gasteiger charge is -2.05. The van der Waals surface area contributed by atoms with Crippen LogP contribution in [0.15, 0.2) is 0 Å². The van der Waals surface area contributed by atoms with Gasteiger partial charge in [-0.15, -0.1) is 12.4 Å². The van der Waals surface area contributed by atoms with Gasteiger partial charge < -0.3 is 15.3 Å². The highest BCUT2D eigenvalue weighted by molar-refractivity contribution is 6.19. The molecule has 0 radical (unpaired) electrons. The second-order valence-corrected chi connectivity index (χ2v) is 1.57. The molecule has 0 fully saturated rings. The van der Waals surface area contributed by atoms with Gasteiger partial charge in [0.2, 0.25) is 0 Å². The molecule has 0 amide bonds. The van der Waals surface area contributed by atoms with Crippen LogP contribution in [-0.4, -0.2) is 33.6 Å². The van der Waals surface area contributed by atoms with Crippen LogP contribution in [0.4, 0.5) is 0 Å². The number of halogens is 2. The predicted octanol–water partition coefficient (Wildman–Crippen LogP) is -0.681. The Kier molecular flexibility index (Phi) is 7.89. The van der Waals surface area contributed by atoms with Gasteiger partial charge in [0, 0.05) is 0 Å². The maximum Gasteiger partial charge on any atom is 0.155 e. The van der Waals surface area contributed by atoms with Gasteiger partial charge >= 0.3 is 0 Å². The zero-order valence-corrected chi connectivity index (χ0v) is 5.56.